The van der Waals surface area contributed by atoms with Gasteiger partial charge >= 0.3 is 0 Å². The lowest BCUT2D eigenvalue weighted by Gasteiger charge is -2.16. The molecule has 3 nitrogen and oxygen atoms in total. The SMILES string of the molecule is C=C/C(=C\CC)c1ncc2c(n1)CCNC2.CC. The van der Waals surface area contributed by atoms with Crippen molar-refractivity contribution >= 4 is 5.57 Å². The monoisotopic (exact) mass is 245 g/mol. The summed E-state index contributed by atoms with van der Waals surface area (Å²) in [4.78, 5) is 9.00. The highest BCUT2D eigenvalue weighted by Gasteiger charge is 2.12. The third-order valence-electron chi connectivity index (χ3n) is 2.71. The summed E-state index contributed by atoms with van der Waals surface area (Å²) >= 11 is 0. The number of nitrogens with one attached hydrogen (secondary N) is 1. The van der Waals surface area contributed by atoms with E-state index in [4.69, 9.17) is 0 Å². The molecule has 0 saturated carbocycles. The molecular weight excluding hydrogens is 222 g/mol. The summed E-state index contributed by atoms with van der Waals surface area (Å²) in [5.41, 5.74) is 3.42. The molecule has 3 heteroatoms. The van der Waals surface area contributed by atoms with Crippen LogP contribution in [0.5, 0.6) is 0 Å². The van der Waals surface area contributed by atoms with Crippen molar-refractivity contribution in [1.82, 2.24) is 15.3 Å². The Morgan fingerprint density at radius 2 is 2.28 bits per heavy atom. The number of hydrogen-bond acceptors (Lipinski definition) is 3. The highest BCUT2D eigenvalue weighted by molar-refractivity contribution is 5.68. The van der Waals surface area contributed by atoms with Gasteiger partial charge in [0.15, 0.2) is 5.82 Å². The first-order valence-electron chi connectivity index (χ1n) is 6.73. The molecule has 0 aliphatic carbocycles. The molecule has 18 heavy (non-hydrogen) atoms. The van der Waals surface area contributed by atoms with E-state index in [0.29, 0.717) is 0 Å². The average Bonchev–Trinajstić information content (AvgIpc) is 2.46. The molecule has 0 aromatic carbocycles. The Bertz CT molecular complexity index is 422. The molecule has 1 aromatic rings. The number of fused-ring (bicyclic) bond motifs is 1. The maximum Gasteiger partial charge on any atom is 0.159 e. The number of allylic oxidation sites excluding steroid dienone is 3. The van der Waals surface area contributed by atoms with Gasteiger partial charge in [0.2, 0.25) is 0 Å². The molecule has 1 N–H and O–H groups in total. The van der Waals surface area contributed by atoms with Crippen LogP contribution in [0, 0.1) is 0 Å². The van der Waals surface area contributed by atoms with Crippen LogP contribution in [-0.2, 0) is 13.0 Å². The Morgan fingerprint density at radius 1 is 1.50 bits per heavy atom. The molecule has 0 amide bonds. The summed E-state index contributed by atoms with van der Waals surface area (Å²) in [5.74, 6) is 0.803. The number of nitrogens with zero attached hydrogens (tertiary/aromatic N) is 2. The lowest BCUT2D eigenvalue weighted by Crippen LogP contribution is -2.25. The minimum absolute atomic E-state index is 0.803. The van der Waals surface area contributed by atoms with Crippen molar-refractivity contribution in [3.05, 3.63) is 42.0 Å². The zero-order valence-electron chi connectivity index (χ0n) is 11.7. The van der Waals surface area contributed by atoms with E-state index in [-0.39, 0.29) is 0 Å². The Hall–Kier alpha value is -1.48. The molecular formula is C15H23N3. The third-order valence-corrected chi connectivity index (χ3v) is 2.71. The molecule has 1 aliphatic heterocycles. The van der Waals surface area contributed by atoms with Gasteiger partial charge in [0, 0.05) is 36.8 Å². The van der Waals surface area contributed by atoms with Crippen LogP contribution in [-0.4, -0.2) is 16.5 Å². The smallest absolute Gasteiger partial charge is 0.159 e. The Kier molecular flexibility index (Phi) is 6.29. The van der Waals surface area contributed by atoms with Crippen LogP contribution in [0.15, 0.2) is 24.9 Å². The normalized spacial score (nSPS) is 14.3. The van der Waals surface area contributed by atoms with Gasteiger partial charge in [-0.1, -0.05) is 39.5 Å². The van der Waals surface area contributed by atoms with Crippen LogP contribution in [0.3, 0.4) is 0 Å². The van der Waals surface area contributed by atoms with E-state index in [9.17, 15) is 0 Å². The van der Waals surface area contributed by atoms with Crippen molar-refractivity contribution in [3.8, 4) is 0 Å². The van der Waals surface area contributed by atoms with Gasteiger partial charge in [-0.05, 0) is 6.42 Å². The van der Waals surface area contributed by atoms with Gasteiger partial charge in [-0.15, -0.1) is 0 Å². The van der Waals surface area contributed by atoms with Crippen molar-refractivity contribution in [2.24, 2.45) is 0 Å². The zero-order valence-corrected chi connectivity index (χ0v) is 11.7. The van der Waals surface area contributed by atoms with Crippen molar-refractivity contribution in [2.75, 3.05) is 6.54 Å². The fraction of sp³-hybridized carbons (Fsp3) is 0.467. The number of hydrogen-bond donors (Lipinski definition) is 1. The lowest BCUT2D eigenvalue weighted by atomic mass is 10.1. The molecule has 2 heterocycles. The molecule has 1 aromatic heterocycles. The predicted octanol–water partition coefficient (Wildman–Crippen LogP) is 3.13. The van der Waals surface area contributed by atoms with Gasteiger partial charge in [-0.2, -0.15) is 0 Å². The summed E-state index contributed by atoms with van der Waals surface area (Å²) in [6.45, 7) is 11.8. The second-order valence-electron chi connectivity index (χ2n) is 3.86. The van der Waals surface area contributed by atoms with Crippen molar-refractivity contribution in [2.45, 2.75) is 40.2 Å². The van der Waals surface area contributed by atoms with E-state index in [1.54, 1.807) is 0 Å². The molecule has 98 valence electrons. The van der Waals surface area contributed by atoms with Gasteiger partial charge in [-0.3, -0.25) is 0 Å². The van der Waals surface area contributed by atoms with Crippen LogP contribution in [0.4, 0.5) is 0 Å². The molecule has 0 saturated heterocycles. The van der Waals surface area contributed by atoms with E-state index in [0.717, 1.165) is 37.3 Å². The fourth-order valence-corrected chi connectivity index (χ4v) is 1.86. The average molecular weight is 245 g/mol. The predicted molar refractivity (Wildman–Crippen MR) is 77.3 cm³/mol. The second kappa shape index (κ2) is 7.77. The van der Waals surface area contributed by atoms with Gasteiger partial charge in [0.05, 0.1) is 5.69 Å². The van der Waals surface area contributed by atoms with E-state index < -0.39 is 0 Å². The van der Waals surface area contributed by atoms with E-state index in [1.807, 2.05) is 26.1 Å². The molecule has 0 spiro atoms. The van der Waals surface area contributed by atoms with Gasteiger partial charge in [-0.25, -0.2) is 9.97 Å². The molecule has 0 radical (unpaired) electrons. The Morgan fingerprint density at radius 3 is 2.94 bits per heavy atom. The van der Waals surface area contributed by atoms with Gasteiger partial charge < -0.3 is 5.32 Å². The largest absolute Gasteiger partial charge is 0.312 e. The summed E-state index contributed by atoms with van der Waals surface area (Å²) in [5, 5.41) is 3.31. The Labute approximate surface area is 110 Å². The summed E-state index contributed by atoms with van der Waals surface area (Å²) in [6.07, 6.45) is 7.82. The topological polar surface area (TPSA) is 37.8 Å². The number of rotatable bonds is 3. The van der Waals surface area contributed by atoms with Gasteiger partial charge in [0.1, 0.15) is 0 Å². The lowest BCUT2D eigenvalue weighted by molar-refractivity contribution is 0.624. The Balaban J connectivity index is 0.000000771. The minimum Gasteiger partial charge on any atom is -0.312 e. The first-order valence-corrected chi connectivity index (χ1v) is 6.73. The molecule has 0 unspecified atom stereocenters. The minimum atomic E-state index is 0.803. The molecule has 1 aliphatic rings. The van der Waals surface area contributed by atoms with E-state index >= 15 is 0 Å². The molecule has 0 fully saturated rings. The highest BCUT2D eigenvalue weighted by atomic mass is 14.9. The van der Waals surface area contributed by atoms with Crippen LogP contribution in [0.1, 0.15) is 44.3 Å². The van der Waals surface area contributed by atoms with Crippen LogP contribution >= 0.6 is 0 Å². The molecule has 0 atom stereocenters. The third kappa shape index (κ3) is 3.50. The summed E-state index contributed by atoms with van der Waals surface area (Å²) in [6, 6.07) is 0. The molecule has 0 bridgehead atoms. The van der Waals surface area contributed by atoms with Crippen molar-refractivity contribution in [1.29, 1.82) is 0 Å². The van der Waals surface area contributed by atoms with E-state index in [2.05, 4.69) is 34.9 Å². The quantitative estimate of drug-likeness (QED) is 0.831. The summed E-state index contributed by atoms with van der Waals surface area (Å²) in [7, 11) is 0. The maximum absolute atomic E-state index is 4.61. The van der Waals surface area contributed by atoms with Crippen LogP contribution < -0.4 is 5.32 Å². The van der Waals surface area contributed by atoms with Crippen molar-refractivity contribution < 1.29 is 0 Å². The molecule has 2 rings (SSSR count). The standard InChI is InChI=1S/C13H17N3.C2H6/c1-3-5-10(4-2)13-15-9-11-8-14-7-6-12(11)16-13;1-2/h4-5,9,14H,2-3,6-8H2,1H3;1-2H3/b10-5+;. The zero-order chi connectivity index (χ0) is 13.4. The van der Waals surface area contributed by atoms with Crippen LogP contribution in [0.2, 0.25) is 0 Å². The van der Waals surface area contributed by atoms with E-state index in [1.165, 1.54) is 11.3 Å². The first kappa shape index (κ1) is 14.6. The first-order chi connectivity index (χ1) is 8.85. The van der Waals surface area contributed by atoms with Crippen molar-refractivity contribution in [3.63, 3.8) is 0 Å². The highest BCUT2D eigenvalue weighted by Crippen LogP contribution is 2.16. The summed E-state index contributed by atoms with van der Waals surface area (Å²) < 4.78 is 0. The fourth-order valence-electron chi connectivity index (χ4n) is 1.86. The van der Waals surface area contributed by atoms with Gasteiger partial charge in [0.25, 0.3) is 0 Å². The van der Waals surface area contributed by atoms with Crippen LogP contribution in [0.25, 0.3) is 5.57 Å². The number of aromatic nitrogens is 2. The second-order valence-corrected chi connectivity index (χ2v) is 3.86. The maximum atomic E-state index is 4.61.